The summed E-state index contributed by atoms with van der Waals surface area (Å²) in [6.45, 7) is 5.49. The molecule has 4 atom stereocenters. The van der Waals surface area contributed by atoms with Gasteiger partial charge in [0.25, 0.3) is 8.32 Å². The van der Waals surface area contributed by atoms with E-state index in [-0.39, 0.29) is 32.2 Å². The van der Waals surface area contributed by atoms with Crippen LogP contribution < -0.4 is 20.4 Å². The van der Waals surface area contributed by atoms with Crippen molar-refractivity contribution in [2.75, 3.05) is 40.8 Å². The molecule has 0 aliphatic rings. The summed E-state index contributed by atoms with van der Waals surface area (Å²) < 4.78 is 34.5. The van der Waals surface area contributed by atoms with Gasteiger partial charge < -0.3 is 38.5 Å². The summed E-state index contributed by atoms with van der Waals surface area (Å²) in [5.74, 6) is -0.753. The number of aliphatic hydroxyl groups excluding tert-OH is 1. The number of amides is 1. The molecule has 0 unspecified atom stereocenters. The zero-order chi connectivity index (χ0) is 39.7. The SMILES string of the molecule is COCO[C@H](COC(=O)c1ccccc1)[C@H](N=[N+]=[N-])C(=O)N[C@@H](CO[Si](c1ccccc1)(c1ccccc1)C(C)(C)C)[C@@H](O)COCc1ccc(OC)cc1. The number of hydrogen-bond donors (Lipinski definition) is 2. The van der Waals surface area contributed by atoms with Crippen molar-refractivity contribution in [1.29, 1.82) is 0 Å². The van der Waals surface area contributed by atoms with Gasteiger partial charge in [0.05, 0.1) is 44.6 Å². The van der Waals surface area contributed by atoms with Crippen LogP contribution in [0.5, 0.6) is 5.75 Å². The second-order valence-electron chi connectivity index (χ2n) is 13.7. The predicted molar refractivity (Wildman–Crippen MR) is 211 cm³/mol. The van der Waals surface area contributed by atoms with Crippen molar-refractivity contribution in [2.45, 2.75) is 56.7 Å². The van der Waals surface area contributed by atoms with Crippen LogP contribution in [0.4, 0.5) is 0 Å². The van der Waals surface area contributed by atoms with Crippen LogP contribution in [0.15, 0.2) is 120 Å². The third kappa shape index (κ3) is 11.7. The van der Waals surface area contributed by atoms with Crippen LogP contribution in [0.1, 0.15) is 36.7 Å². The summed E-state index contributed by atoms with van der Waals surface area (Å²) >= 11 is 0. The van der Waals surface area contributed by atoms with Gasteiger partial charge in [0, 0.05) is 12.0 Å². The van der Waals surface area contributed by atoms with Gasteiger partial charge in [-0.05, 0) is 50.8 Å². The summed E-state index contributed by atoms with van der Waals surface area (Å²) in [4.78, 5) is 29.8. The minimum atomic E-state index is -3.14. The summed E-state index contributed by atoms with van der Waals surface area (Å²) in [6.07, 6.45) is -2.52. The third-order valence-electron chi connectivity index (χ3n) is 8.99. The first kappa shape index (κ1) is 42.7. The van der Waals surface area contributed by atoms with E-state index in [1.165, 1.54) is 7.11 Å². The molecule has 0 saturated carbocycles. The van der Waals surface area contributed by atoms with E-state index in [2.05, 4.69) is 36.1 Å². The number of nitrogens with one attached hydrogen (secondary N) is 1. The van der Waals surface area contributed by atoms with E-state index >= 15 is 0 Å². The van der Waals surface area contributed by atoms with Crippen molar-refractivity contribution in [3.63, 3.8) is 0 Å². The molecule has 4 aromatic carbocycles. The Morgan fingerprint density at radius 2 is 1.42 bits per heavy atom. The number of carbonyl (C=O) groups excluding carboxylic acids is 2. The van der Waals surface area contributed by atoms with Gasteiger partial charge in [0.2, 0.25) is 5.91 Å². The van der Waals surface area contributed by atoms with E-state index in [4.69, 9.17) is 28.1 Å². The Bertz CT molecular complexity index is 1770. The first-order valence-corrected chi connectivity index (χ1v) is 19.8. The molecule has 0 spiro atoms. The molecule has 0 fully saturated rings. The third-order valence-corrected chi connectivity index (χ3v) is 14.0. The molecule has 0 aromatic heterocycles. The van der Waals surface area contributed by atoms with Crippen molar-refractivity contribution in [3.8, 4) is 5.75 Å². The van der Waals surface area contributed by atoms with Gasteiger partial charge in [-0.15, -0.1) is 0 Å². The zero-order valence-corrected chi connectivity index (χ0v) is 32.9. The number of esters is 1. The maximum absolute atomic E-state index is 14.1. The normalized spacial score (nSPS) is 13.8. The van der Waals surface area contributed by atoms with Crippen LogP contribution >= 0.6 is 0 Å². The number of azide groups is 1. The Labute approximate surface area is 323 Å². The first-order chi connectivity index (χ1) is 26.5. The van der Waals surface area contributed by atoms with E-state index in [1.54, 1.807) is 37.4 Å². The highest BCUT2D eigenvalue weighted by atomic mass is 28.4. The van der Waals surface area contributed by atoms with Crippen molar-refractivity contribution in [1.82, 2.24) is 5.32 Å². The number of methoxy groups -OCH3 is 2. The van der Waals surface area contributed by atoms with Crippen LogP contribution in [-0.2, 0) is 34.8 Å². The lowest BCUT2D eigenvalue weighted by Crippen LogP contribution is -2.68. The second kappa shape index (κ2) is 21.1. The van der Waals surface area contributed by atoms with Crippen LogP contribution in [-0.4, -0.2) is 90.4 Å². The van der Waals surface area contributed by atoms with Crippen molar-refractivity contribution < 1.29 is 42.8 Å². The molecular weight excluding hydrogens is 721 g/mol. The number of nitrogens with zero attached hydrogens (tertiary/aromatic N) is 3. The maximum Gasteiger partial charge on any atom is 0.338 e. The fourth-order valence-electron chi connectivity index (χ4n) is 6.18. The Balaban J connectivity index is 1.64. The molecule has 55 heavy (non-hydrogen) atoms. The van der Waals surface area contributed by atoms with Gasteiger partial charge in [0.15, 0.2) is 0 Å². The van der Waals surface area contributed by atoms with Crippen molar-refractivity contribution >= 4 is 30.6 Å². The Kier molecular flexibility index (Phi) is 16.4. The van der Waals surface area contributed by atoms with Gasteiger partial charge in [-0.1, -0.05) is 117 Å². The minimum absolute atomic E-state index is 0.137. The molecular formula is C41H50N4O9Si. The fraction of sp³-hybridized carbons (Fsp3) is 0.366. The van der Waals surface area contributed by atoms with Gasteiger partial charge >= 0.3 is 5.97 Å². The van der Waals surface area contributed by atoms with E-state index in [0.717, 1.165) is 15.9 Å². The van der Waals surface area contributed by atoms with E-state index in [9.17, 15) is 20.2 Å². The molecule has 4 aromatic rings. The van der Waals surface area contributed by atoms with E-state index in [1.807, 2.05) is 84.9 Å². The number of aliphatic hydroxyl groups is 1. The lowest BCUT2D eigenvalue weighted by molar-refractivity contribution is -0.136. The highest BCUT2D eigenvalue weighted by Crippen LogP contribution is 2.37. The van der Waals surface area contributed by atoms with Crippen molar-refractivity contribution in [3.05, 3.63) is 137 Å². The number of hydrogen-bond acceptors (Lipinski definition) is 10. The predicted octanol–water partition coefficient (Wildman–Crippen LogP) is 5.16. The molecule has 0 saturated heterocycles. The largest absolute Gasteiger partial charge is 0.497 e. The molecule has 0 bridgehead atoms. The number of carbonyl (C=O) groups is 2. The molecule has 292 valence electrons. The molecule has 13 nitrogen and oxygen atoms in total. The molecule has 0 aliphatic heterocycles. The number of benzene rings is 4. The molecule has 0 heterocycles. The molecule has 0 radical (unpaired) electrons. The fourth-order valence-corrected chi connectivity index (χ4v) is 10.8. The topological polar surface area (TPSA) is 171 Å². The highest BCUT2D eigenvalue weighted by Gasteiger charge is 2.50. The average molecular weight is 771 g/mol. The Hall–Kier alpha value is -5.05. The maximum atomic E-state index is 14.1. The zero-order valence-electron chi connectivity index (χ0n) is 31.9. The number of ether oxygens (including phenoxy) is 5. The van der Waals surface area contributed by atoms with Crippen molar-refractivity contribution in [2.24, 2.45) is 5.11 Å². The first-order valence-electron chi connectivity index (χ1n) is 17.8. The van der Waals surface area contributed by atoms with Gasteiger partial charge in [-0.3, -0.25) is 4.79 Å². The standard InChI is InChI=1S/C41H50N4O9Si/c1-41(2,3)55(33-17-11-7-12-18-33,34-19-13-8-14-20-34)54-26-35(36(46)27-51-25-30-21-23-32(50-5)24-22-30)43-39(47)38(44-45-42)37(53-29-49-4)28-52-40(48)31-15-9-6-10-16-31/h6-24,35-38,46H,25-29H2,1-5H3,(H,43,47)/t35-,36-,37+,38-/m0/s1. The molecule has 4 rings (SSSR count). The molecule has 2 N–H and O–H groups in total. The Morgan fingerprint density at radius 1 is 0.836 bits per heavy atom. The monoisotopic (exact) mass is 770 g/mol. The summed E-state index contributed by atoms with van der Waals surface area (Å²) in [7, 11) is -0.168. The smallest absolute Gasteiger partial charge is 0.338 e. The lowest BCUT2D eigenvalue weighted by Gasteiger charge is -2.44. The summed E-state index contributed by atoms with van der Waals surface area (Å²) in [6, 6.07) is 32.9. The highest BCUT2D eigenvalue weighted by molar-refractivity contribution is 6.99. The van der Waals surface area contributed by atoms with E-state index < -0.39 is 56.1 Å². The molecule has 14 heteroatoms. The Morgan fingerprint density at radius 3 is 1.95 bits per heavy atom. The van der Waals surface area contributed by atoms with Crippen LogP contribution in [0, 0.1) is 0 Å². The average Bonchev–Trinajstić information content (AvgIpc) is 3.20. The summed E-state index contributed by atoms with van der Waals surface area (Å²) in [5, 5.41) is 19.9. The number of rotatable bonds is 21. The van der Waals surface area contributed by atoms with Gasteiger partial charge in [0.1, 0.15) is 31.3 Å². The van der Waals surface area contributed by atoms with E-state index in [0.29, 0.717) is 5.75 Å². The van der Waals surface area contributed by atoms with Crippen LogP contribution in [0.25, 0.3) is 10.4 Å². The summed E-state index contributed by atoms with van der Waals surface area (Å²) in [5.41, 5.74) is 10.7. The quantitative estimate of drug-likeness (QED) is 0.0290. The second-order valence-corrected chi connectivity index (χ2v) is 18.1. The van der Waals surface area contributed by atoms with Crippen LogP contribution in [0.2, 0.25) is 5.04 Å². The van der Waals surface area contributed by atoms with Gasteiger partial charge in [-0.2, -0.15) is 0 Å². The van der Waals surface area contributed by atoms with Crippen LogP contribution in [0.3, 0.4) is 0 Å². The lowest BCUT2D eigenvalue weighted by atomic mass is 10.1. The van der Waals surface area contributed by atoms with Gasteiger partial charge in [-0.25, -0.2) is 4.79 Å². The minimum Gasteiger partial charge on any atom is -0.497 e. The molecule has 0 aliphatic carbocycles. The molecule has 1 amide bonds.